The summed E-state index contributed by atoms with van der Waals surface area (Å²) in [4.78, 5) is 0. The third-order valence-corrected chi connectivity index (χ3v) is 3.72. The summed E-state index contributed by atoms with van der Waals surface area (Å²) in [6, 6.07) is 11.2. The van der Waals surface area contributed by atoms with E-state index in [0.29, 0.717) is 12.1 Å². The molecular weight excluding hydrogens is 236 g/mol. The molecule has 4 heteroatoms. The molecule has 3 rings (SSSR count). The van der Waals surface area contributed by atoms with Crippen LogP contribution in [0.25, 0.3) is 5.69 Å². The number of nitrogens with one attached hydrogen (secondary N) is 1. The van der Waals surface area contributed by atoms with Crippen molar-refractivity contribution in [2.75, 3.05) is 5.32 Å². The molecule has 2 unspecified atom stereocenters. The highest BCUT2D eigenvalue weighted by Gasteiger charge is 2.18. The molecule has 100 valence electrons. The molecule has 0 amide bonds. The first kappa shape index (κ1) is 12.2. The Morgan fingerprint density at radius 2 is 2.05 bits per heavy atom. The first-order chi connectivity index (χ1) is 9.31. The van der Waals surface area contributed by atoms with Crippen molar-refractivity contribution in [2.24, 2.45) is 5.73 Å². The minimum absolute atomic E-state index is 0.356. The van der Waals surface area contributed by atoms with Crippen molar-refractivity contribution in [3.8, 4) is 5.69 Å². The number of nitrogens with two attached hydrogens (primary N) is 1. The van der Waals surface area contributed by atoms with E-state index in [-0.39, 0.29) is 0 Å². The van der Waals surface area contributed by atoms with Crippen molar-refractivity contribution in [1.29, 1.82) is 0 Å². The number of hydrogen-bond acceptors (Lipinski definition) is 3. The Kier molecular flexibility index (Phi) is 3.51. The summed E-state index contributed by atoms with van der Waals surface area (Å²) < 4.78 is 1.86. The Bertz CT molecular complexity index is 503. The lowest BCUT2D eigenvalue weighted by Crippen LogP contribution is -2.34. The molecule has 1 aromatic carbocycles. The molecule has 0 bridgehead atoms. The van der Waals surface area contributed by atoms with Gasteiger partial charge in [-0.3, -0.25) is 0 Å². The van der Waals surface area contributed by atoms with Crippen LogP contribution in [0.2, 0.25) is 0 Å². The van der Waals surface area contributed by atoms with Gasteiger partial charge in [-0.2, -0.15) is 5.10 Å². The Labute approximate surface area is 113 Å². The zero-order chi connectivity index (χ0) is 13.1. The minimum atomic E-state index is 0.356. The molecule has 0 aliphatic heterocycles. The predicted molar refractivity (Wildman–Crippen MR) is 77.4 cm³/mol. The maximum atomic E-state index is 6.02. The van der Waals surface area contributed by atoms with Gasteiger partial charge in [0.2, 0.25) is 0 Å². The fourth-order valence-corrected chi connectivity index (χ4v) is 2.73. The van der Waals surface area contributed by atoms with Crippen LogP contribution in [0.1, 0.15) is 25.7 Å². The first-order valence-corrected chi connectivity index (χ1v) is 6.93. The number of nitrogens with zero attached hydrogens (tertiary/aromatic N) is 2. The van der Waals surface area contributed by atoms with E-state index >= 15 is 0 Å². The van der Waals surface area contributed by atoms with Gasteiger partial charge in [0.05, 0.1) is 5.69 Å². The molecule has 1 aliphatic rings. The van der Waals surface area contributed by atoms with Gasteiger partial charge in [0.25, 0.3) is 0 Å². The topological polar surface area (TPSA) is 55.9 Å². The van der Waals surface area contributed by atoms with Crippen LogP contribution in [0.5, 0.6) is 0 Å². The molecule has 2 atom stereocenters. The van der Waals surface area contributed by atoms with Gasteiger partial charge in [0.15, 0.2) is 0 Å². The Morgan fingerprint density at radius 3 is 2.74 bits per heavy atom. The molecule has 0 radical (unpaired) electrons. The molecule has 1 heterocycles. The molecule has 1 aliphatic carbocycles. The van der Waals surface area contributed by atoms with E-state index in [0.717, 1.165) is 24.2 Å². The number of anilines is 1. The van der Waals surface area contributed by atoms with Gasteiger partial charge in [0, 0.05) is 30.2 Å². The van der Waals surface area contributed by atoms with Crippen molar-refractivity contribution in [3.63, 3.8) is 0 Å². The van der Waals surface area contributed by atoms with Gasteiger partial charge < -0.3 is 11.1 Å². The first-order valence-electron chi connectivity index (χ1n) is 6.93. The van der Waals surface area contributed by atoms with E-state index in [1.807, 2.05) is 16.9 Å². The average Bonchev–Trinajstić information content (AvgIpc) is 2.94. The maximum absolute atomic E-state index is 6.02. The molecule has 0 saturated heterocycles. The standard InChI is InChI=1S/C15H20N4/c16-12-3-1-4-14(11-12)18-13-5-7-15(8-6-13)19-10-2-9-17-19/h2,5-10,12,14,18H,1,3-4,11,16H2. The number of aromatic nitrogens is 2. The van der Waals surface area contributed by atoms with Crippen LogP contribution in [0.4, 0.5) is 5.69 Å². The van der Waals surface area contributed by atoms with Crippen LogP contribution < -0.4 is 11.1 Å². The highest BCUT2D eigenvalue weighted by atomic mass is 15.3. The molecule has 4 nitrogen and oxygen atoms in total. The third-order valence-electron chi connectivity index (χ3n) is 3.72. The molecule has 2 aromatic rings. The van der Waals surface area contributed by atoms with E-state index in [2.05, 4.69) is 34.7 Å². The summed E-state index contributed by atoms with van der Waals surface area (Å²) in [5.74, 6) is 0. The predicted octanol–water partition coefficient (Wildman–Crippen LogP) is 2.55. The van der Waals surface area contributed by atoms with E-state index in [9.17, 15) is 0 Å². The fourth-order valence-electron chi connectivity index (χ4n) is 2.73. The molecule has 0 spiro atoms. The zero-order valence-corrected chi connectivity index (χ0v) is 11.0. The van der Waals surface area contributed by atoms with Gasteiger partial charge in [-0.05, 0) is 56.0 Å². The molecule has 3 N–H and O–H groups in total. The van der Waals surface area contributed by atoms with Crippen LogP contribution in [-0.2, 0) is 0 Å². The van der Waals surface area contributed by atoms with Crippen molar-refractivity contribution in [2.45, 2.75) is 37.8 Å². The number of hydrogen-bond donors (Lipinski definition) is 2. The van der Waals surface area contributed by atoms with Crippen LogP contribution in [0.3, 0.4) is 0 Å². The van der Waals surface area contributed by atoms with E-state index in [4.69, 9.17) is 5.73 Å². The van der Waals surface area contributed by atoms with Gasteiger partial charge in [-0.15, -0.1) is 0 Å². The summed E-state index contributed by atoms with van der Waals surface area (Å²) in [5.41, 5.74) is 8.26. The summed E-state index contributed by atoms with van der Waals surface area (Å²) in [5, 5.41) is 7.80. The minimum Gasteiger partial charge on any atom is -0.382 e. The quantitative estimate of drug-likeness (QED) is 0.887. The smallest absolute Gasteiger partial charge is 0.0647 e. The van der Waals surface area contributed by atoms with Gasteiger partial charge >= 0.3 is 0 Å². The molecule has 1 fully saturated rings. The second kappa shape index (κ2) is 5.45. The molecule has 19 heavy (non-hydrogen) atoms. The van der Waals surface area contributed by atoms with Gasteiger partial charge in [-0.25, -0.2) is 4.68 Å². The van der Waals surface area contributed by atoms with Crippen molar-refractivity contribution >= 4 is 5.69 Å². The lowest BCUT2D eigenvalue weighted by atomic mass is 9.91. The number of benzene rings is 1. The maximum Gasteiger partial charge on any atom is 0.0647 e. The van der Waals surface area contributed by atoms with Crippen LogP contribution in [0, 0.1) is 0 Å². The van der Waals surface area contributed by atoms with Gasteiger partial charge in [0.1, 0.15) is 0 Å². The van der Waals surface area contributed by atoms with Crippen molar-refractivity contribution < 1.29 is 0 Å². The summed E-state index contributed by atoms with van der Waals surface area (Å²) in [7, 11) is 0. The third kappa shape index (κ3) is 2.96. The molecule has 1 aromatic heterocycles. The average molecular weight is 256 g/mol. The Hall–Kier alpha value is -1.81. The molecule has 1 saturated carbocycles. The highest BCUT2D eigenvalue weighted by Crippen LogP contribution is 2.21. The number of rotatable bonds is 3. The normalized spacial score (nSPS) is 23.2. The van der Waals surface area contributed by atoms with Crippen LogP contribution in [0.15, 0.2) is 42.7 Å². The summed E-state index contributed by atoms with van der Waals surface area (Å²) in [6.45, 7) is 0. The zero-order valence-electron chi connectivity index (χ0n) is 11.0. The second-order valence-corrected chi connectivity index (χ2v) is 5.27. The Balaban J connectivity index is 1.66. The Morgan fingerprint density at radius 1 is 1.21 bits per heavy atom. The van der Waals surface area contributed by atoms with Crippen molar-refractivity contribution in [3.05, 3.63) is 42.7 Å². The van der Waals surface area contributed by atoms with Crippen molar-refractivity contribution in [1.82, 2.24) is 9.78 Å². The SMILES string of the molecule is NC1CCCC(Nc2ccc(-n3cccn3)cc2)C1. The van der Waals surface area contributed by atoms with E-state index in [1.54, 1.807) is 6.20 Å². The van der Waals surface area contributed by atoms with Crippen LogP contribution in [-0.4, -0.2) is 21.9 Å². The van der Waals surface area contributed by atoms with E-state index < -0.39 is 0 Å². The van der Waals surface area contributed by atoms with Gasteiger partial charge in [-0.1, -0.05) is 0 Å². The highest BCUT2D eigenvalue weighted by molar-refractivity contribution is 5.49. The van der Waals surface area contributed by atoms with Crippen LogP contribution >= 0.6 is 0 Å². The lowest BCUT2D eigenvalue weighted by molar-refractivity contribution is 0.409. The summed E-state index contributed by atoms with van der Waals surface area (Å²) >= 11 is 0. The fraction of sp³-hybridized carbons (Fsp3) is 0.400. The largest absolute Gasteiger partial charge is 0.382 e. The van der Waals surface area contributed by atoms with E-state index in [1.165, 1.54) is 12.8 Å². The second-order valence-electron chi connectivity index (χ2n) is 5.27. The summed E-state index contributed by atoms with van der Waals surface area (Å²) in [6.07, 6.45) is 8.41. The lowest BCUT2D eigenvalue weighted by Gasteiger charge is -2.28. The molecular formula is C15H20N4. The monoisotopic (exact) mass is 256 g/mol.